The van der Waals surface area contributed by atoms with Crippen LogP contribution in [0, 0.1) is 5.92 Å². The van der Waals surface area contributed by atoms with Gasteiger partial charge in [0.05, 0.1) is 12.3 Å². The molecule has 0 aliphatic carbocycles. The van der Waals surface area contributed by atoms with Gasteiger partial charge in [0.1, 0.15) is 5.75 Å². The van der Waals surface area contributed by atoms with Gasteiger partial charge in [-0.25, -0.2) is 0 Å². The molecule has 0 amide bonds. The largest absolute Gasteiger partial charge is 0.489 e. The predicted octanol–water partition coefficient (Wildman–Crippen LogP) is 2.57. The van der Waals surface area contributed by atoms with E-state index in [-0.39, 0.29) is 6.10 Å². The highest BCUT2D eigenvalue weighted by Gasteiger charge is 2.14. The maximum Gasteiger partial charge on any atom is 0.138 e. The zero-order valence-electron chi connectivity index (χ0n) is 10.6. The molecule has 0 aliphatic rings. The van der Waals surface area contributed by atoms with Crippen LogP contribution in [-0.4, -0.2) is 17.6 Å². The molecule has 3 heteroatoms. The monoisotopic (exact) mass is 222 g/mol. The lowest BCUT2D eigenvalue weighted by molar-refractivity contribution is 0.241. The van der Waals surface area contributed by atoms with Gasteiger partial charge in [0, 0.05) is 6.20 Å². The van der Waals surface area contributed by atoms with Crippen molar-refractivity contribution in [1.82, 2.24) is 4.98 Å². The van der Waals surface area contributed by atoms with Crippen molar-refractivity contribution in [3.05, 3.63) is 24.0 Å². The van der Waals surface area contributed by atoms with Gasteiger partial charge in [-0.1, -0.05) is 13.8 Å². The van der Waals surface area contributed by atoms with E-state index >= 15 is 0 Å². The van der Waals surface area contributed by atoms with Gasteiger partial charge in [0.25, 0.3) is 0 Å². The van der Waals surface area contributed by atoms with E-state index in [0.717, 1.165) is 5.75 Å². The number of rotatable bonds is 5. The van der Waals surface area contributed by atoms with Crippen LogP contribution in [-0.2, 0) is 0 Å². The van der Waals surface area contributed by atoms with Gasteiger partial charge in [-0.2, -0.15) is 0 Å². The molecule has 3 nitrogen and oxygen atoms in total. The molecule has 2 unspecified atom stereocenters. The number of ether oxygens (including phenoxy) is 1. The van der Waals surface area contributed by atoms with Crippen molar-refractivity contribution in [3.63, 3.8) is 0 Å². The zero-order valence-corrected chi connectivity index (χ0v) is 10.6. The average molecular weight is 222 g/mol. The first-order chi connectivity index (χ1) is 7.54. The molecule has 0 saturated carbocycles. The normalized spacial score (nSPS) is 14.9. The maximum atomic E-state index is 5.68. The Balaban J connectivity index is 2.81. The fraction of sp³-hybridized carbons (Fsp3) is 0.615. The first kappa shape index (κ1) is 13.0. The molecule has 0 spiro atoms. The molecule has 2 N–H and O–H groups in total. The van der Waals surface area contributed by atoms with Crippen LogP contribution >= 0.6 is 0 Å². The van der Waals surface area contributed by atoms with Crippen molar-refractivity contribution < 1.29 is 4.74 Å². The topological polar surface area (TPSA) is 48.1 Å². The second-order valence-corrected chi connectivity index (χ2v) is 4.62. The lowest BCUT2D eigenvalue weighted by Crippen LogP contribution is -2.17. The van der Waals surface area contributed by atoms with E-state index in [1.807, 2.05) is 20.0 Å². The molecule has 1 aromatic heterocycles. The second kappa shape index (κ2) is 5.85. The van der Waals surface area contributed by atoms with E-state index in [4.69, 9.17) is 10.5 Å². The number of aromatic nitrogens is 1. The molecule has 0 aromatic carbocycles. The molecule has 0 radical (unpaired) electrons. The predicted molar refractivity (Wildman–Crippen MR) is 66.6 cm³/mol. The molecule has 0 bridgehead atoms. The number of pyridine rings is 1. The lowest BCUT2D eigenvalue weighted by Gasteiger charge is -2.19. The summed E-state index contributed by atoms with van der Waals surface area (Å²) in [7, 11) is 0. The minimum Gasteiger partial charge on any atom is -0.489 e. The van der Waals surface area contributed by atoms with Crippen LogP contribution in [0.25, 0.3) is 0 Å². The fourth-order valence-electron chi connectivity index (χ4n) is 1.55. The summed E-state index contributed by atoms with van der Waals surface area (Å²) in [6, 6.07) is 2.06. The molecule has 0 aliphatic heterocycles. The number of hydrogen-bond donors (Lipinski definition) is 1. The Morgan fingerprint density at radius 1 is 1.25 bits per heavy atom. The van der Waals surface area contributed by atoms with E-state index in [2.05, 4.69) is 24.9 Å². The summed E-state index contributed by atoms with van der Waals surface area (Å²) in [5.74, 6) is 1.70. The van der Waals surface area contributed by atoms with Gasteiger partial charge in [-0.3, -0.25) is 4.98 Å². The summed E-state index contributed by atoms with van der Waals surface area (Å²) >= 11 is 0. The Labute approximate surface area is 98.0 Å². The van der Waals surface area contributed by atoms with Gasteiger partial charge >= 0.3 is 0 Å². The molecule has 0 saturated heterocycles. The molecular formula is C13H22N2O. The number of nitrogens with two attached hydrogens (primary N) is 1. The van der Waals surface area contributed by atoms with Crippen molar-refractivity contribution in [2.24, 2.45) is 11.7 Å². The van der Waals surface area contributed by atoms with Crippen LogP contribution in [0.2, 0.25) is 0 Å². The van der Waals surface area contributed by atoms with Crippen molar-refractivity contribution in [3.8, 4) is 5.75 Å². The lowest BCUT2D eigenvalue weighted by atomic mass is 9.90. The van der Waals surface area contributed by atoms with Crippen LogP contribution in [0.4, 0.5) is 0 Å². The molecule has 1 rings (SSSR count). The summed E-state index contributed by atoms with van der Waals surface area (Å²) in [4.78, 5) is 4.21. The highest BCUT2D eigenvalue weighted by Crippen LogP contribution is 2.25. The van der Waals surface area contributed by atoms with Crippen molar-refractivity contribution in [2.75, 3.05) is 6.54 Å². The van der Waals surface area contributed by atoms with Crippen LogP contribution in [0.1, 0.15) is 39.2 Å². The van der Waals surface area contributed by atoms with Gasteiger partial charge in [0.2, 0.25) is 0 Å². The van der Waals surface area contributed by atoms with Gasteiger partial charge in [-0.05, 0) is 43.9 Å². The third kappa shape index (κ3) is 3.49. The first-order valence-electron chi connectivity index (χ1n) is 5.86. The Kier molecular flexibility index (Phi) is 4.74. The standard InChI is InChI=1S/C13H22N2O/c1-9(2)16-13-5-12(7-15-8-13)11(4)10(3)6-14/h5,7-11H,6,14H2,1-4H3. The summed E-state index contributed by atoms with van der Waals surface area (Å²) in [6.07, 6.45) is 3.83. The van der Waals surface area contributed by atoms with Gasteiger partial charge in [0.15, 0.2) is 0 Å². The fourth-order valence-corrected chi connectivity index (χ4v) is 1.55. The van der Waals surface area contributed by atoms with Crippen LogP contribution in [0.5, 0.6) is 5.75 Å². The number of nitrogens with zero attached hydrogens (tertiary/aromatic N) is 1. The van der Waals surface area contributed by atoms with Crippen LogP contribution in [0.15, 0.2) is 18.5 Å². The van der Waals surface area contributed by atoms with Crippen molar-refractivity contribution in [1.29, 1.82) is 0 Å². The van der Waals surface area contributed by atoms with Crippen molar-refractivity contribution >= 4 is 0 Å². The summed E-state index contributed by atoms with van der Waals surface area (Å²) in [6.45, 7) is 9.04. The quantitative estimate of drug-likeness (QED) is 0.833. The van der Waals surface area contributed by atoms with E-state index in [1.54, 1.807) is 6.20 Å². The van der Waals surface area contributed by atoms with E-state index < -0.39 is 0 Å². The molecule has 1 aromatic rings. The molecule has 0 fully saturated rings. The van der Waals surface area contributed by atoms with Gasteiger partial charge < -0.3 is 10.5 Å². The third-order valence-electron chi connectivity index (χ3n) is 2.86. The average Bonchev–Trinajstić information content (AvgIpc) is 2.26. The smallest absolute Gasteiger partial charge is 0.138 e. The Morgan fingerprint density at radius 2 is 1.94 bits per heavy atom. The summed E-state index contributed by atoms with van der Waals surface area (Å²) in [5, 5.41) is 0. The zero-order chi connectivity index (χ0) is 12.1. The van der Waals surface area contributed by atoms with Crippen LogP contribution in [0.3, 0.4) is 0 Å². The Morgan fingerprint density at radius 3 is 2.50 bits per heavy atom. The summed E-state index contributed by atoms with van der Waals surface area (Å²) < 4.78 is 5.62. The van der Waals surface area contributed by atoms with E-state index in [9.17, 15) is 0 Å². The second-order valence-electron chi connectivity index (χ2n) is 4.62. The minimum atomic E-state index is 0.180. The molecule has 1 heterocycles. The first-order valence-corrected chi connectivity index (χ1v) is 5.86. The van der Waals surface area contributed by atoms with Gasteiger partial charge in [-0.15, -0.1) is 0 Å². The SMILES string of the molecule is CC(C)Oc1cncc(C(C)C(C)CN)c1. The molecule has 16 heavy (non-hydrogen) atoms. The highest BCUT2D eigenvalue weighted by atomic mass is 16.5. The molecular weight excluding hydrogens is 200 g/mol. The molecule has 90 valence electrons. The van der Waals surface area contributed by atoms with E-state index in [0.29, 0.717) is 18.4 Å². The Hall–Kier alpha value is -1.09. The number of hydrogen-bond acceptors (Lipinski definition) is 3. The van der Waals surface area contributed by atoms with Crippen LogP contribution < -0.4 is 10.5 Å². The Bertz CT molecular complexity index is 325. The highest BCUT2D eigenvalue weighted by molar-refractivity contribution is 5.26. The third-order valence-corrected chi connectivity index (χ3v) is 2.86. The maximum absolute atomic E-state index is 5.68. The minimum absolute atomic E-state index is 0.180. The van der Waals surface area contributed by atoms with E-state index in [1.165, 1.54) is 5.56 Å². The summed E-state index contributed by atoms with van der Waals surface area (Å²) in [5.41, 5.74) is 6.87. The van der Waals surface area contributed by atoms with Crippen molar-refractivity contribution in [2.45, 2.75) is 39.7 Å². The molecule has 2 atom stereocenters.